The van der Waals surface area contributed by atoms with E-state index < -0.39 is 6.37 Å². The van der Waals surface area contributed by atoms with Crippen LogP contribution in [0.25, 0.3) is 0 Å². The average molecular weight is 182 g/mol. The molecule has 1 aromatic rings. The van der Waals surface area contributed by atoms with Crippen molar-refractivity contribution in [2.45, 2.75) is 40.6 Å². The zero-order valence-electron chi connectivity index (χ0n) is 10.9. The Kier molecular flexibility index (Phi) is 2.60. The number of nitrogens with zero attached hydrogens (tertiary/aromatic N) is 2. The van der Waals surface area contributed by atoms with Gasteiger partial charge in [0.2, 0.25) is 0 Å². The smallest absolute Gasteiger partial charge is 0.0521 e. The Morgan fingerprint density at radius 2 is 2.08 bits per heavy atom. The normalized spacial score (nSPS) is 14.9. The largest absolute Gasteiger partial charge is 0.272 e. The first-order valence-corrected chi connectivity index (χ1v) is 4.87. The van der Waals surface area contributed by atoms with E-state index in [1.165, 1.54) is 0 Å². The van der Waals surface area contributed by atoms with E-state index in [-0.39, 0.29) is 5.92 Å². The Morgan fingerprint density at radius 1 is 1.38 bits per heavy atom. The molecule has 1 aromatic heterocycles. The van der Waals surface area contributed by atoms with Crippen LogP contribution in [0.1, 0.15) is 36.0 Å². The highest BCUT2D eigenvalue weighted by Gasteiger charge is 2.02. The summed E-state index contributed by atoms with van der Waals surface area (Å²) in [4.78, 5) is 0. The molecule has 13 heavy (non-hydrogen) atoms. The highest BCUT2D eigenvalue weighted by molar-refractivity contribution is 5.04. The summed E-state index contributed by atoms with van der Waals surface area (Å²) >= 11 is 0. The zero-order valence-corrected chi connectivity index (χ0v) is 8.91. The number of rotatable bonds is 4. The second kappa shape index (κ2) is 4.45. The maximum absolute atomic E-state index is 7.93. The SMILES string of the molecule is [2H]C([2H])(c1cnn(CC(C)C)c1)C(C)C. The fourth-order valence-corrected chi connectivity index (χ4v) is 1.25. The van der Waals surface area contributed by atoms with Crippen LogP contribution in [0.3, 0.4) is 0 Å². The first kappa shape index (κ1) is 7.60. The summed E-state index contributed by atoms with van der Waals surface area (Å²) in [5.74, 6) is 0.497. The van der Waals surface area contributed by atoms with Gasteiger partial charge in [-0.25, -0.2) is 0 Å². The van der Waals surface area contributed by atoms with Gasteiger partial charge in [0.1, 0.15) is 0 Å². The summed E-state index contributed by atoms with van der Waals surface area (Å²) in [5.41, 5.74) is 0.679. The lowest BCUT2D eigenvalue weighted by atomic mass is 10.1. The summed E-state index contributed by atoms with van der Waals surface area (Å²) in [6.07, 6.45) is 2.18. The monoisotopic (exact) mass is 182 g/mol. The van der Waals surface area contributed by atoms with Gasteiger partial charge >= 0.3 is 0 Å². The predicted octanol–water partition coefficient (Wildman–Crippen LogP) is 2.74. The molecule has 0 aliphatic carbocycles. The van der Waals surface area contributed by atoms with Crippen molar-refractivity contribution in [3.63, 3.8) is 0 Å². The quantitative estimate of drug-likeness (QED) is 0.700. The minimum atomic E-state index is -1.28. The van der Waals surface area contributed by atoms with Crippen molar-refractivity contribution in [3.8, 4) is 0 Å². The van der Waals surface area contributed by atoms with Gasteiger partial charge in [0.25, 0.3) is 0 Å². The fourth-order valence-electron chi connectivity index (χ4n) is 1.25. The van der Waals surface area contributed by atoms with Crippen LogP contribution < -0.4 is 0 Å². The number of aromatic nitrogens is 2. The van der Waals surface area contributed by atoms with Crippen LogP contribution in [0.15, 0.2) is 12.4 Å². The van der Waals surface area contributed by atoms with Crippen LogP contribution >= 0.6 is 0 Å². The Balaban J connectivity index is 2.84. The van der Waals surface area contributed by atoms with Crippen LogP contribution in [-0.4, -0.2) is 9.78 Å². The summed E-state index contributed by atoms with van der Waals surface area (Å²) in [6.45, 7) is 8.87. The third-order valence-corrected chi connectivity index (χ3v) is 1.64. The van der Waals surface area contributed by atoms with Crippen LogP contribution in [0.4, 0.5) is 0 Å². The molecule has 0 amide bonds. The van der Waals surface area contributed by atoms with Crippen LogP contribution in [0, 0.1) is 11.8 Å². The standard InChI is InChI=1S/C11H20N2/c1-9(2)5-11-6-12-13(8-11)7-10(3)4/h6,8-10H,5,7H2,1-4H3/i5D2. The molecule has 0 radical (unpaired) electrons. The minimum Gasteiger partial charge on any atom is -0.272 e. The molecular formula is C11H20N2. The molecule has 0 N–H and O–H groups in total. The Morgan fingerprint density at radius 3 is 2.62 bits per heavy atom. The van der Waals surface area contributed by atoms with Gasteiger partial charge in [0, 0.05) is 15.5 Å². The molecule has 0 aromatic carbocycles. The Labute approximate surface area is 83.8 Å². The number of hydrogen-bond donors (Lipinski definition) is 0. The first-order chi connectivity index (χ1) is 6.84. The maximum atomic E-state index is 7.93. The predicted molar refractivity (Wildman–Crippen MR) is 55.6 cm³/mol. The second-order valence-corrected chi connectivity index (χ2v) is 4.14. The first-order valence-electron chi connectivity index (χ1n) is 5.87. The van der Waals surface area contributed by atoms with Crippen LogP contribution in [-0.2, 0) is 12.9 Å². The molecule has 2 nitrogen and oxygen atoms in total. The van der Waals surface area contributed by atoms with Crippen molar-refractivity contribution in [3.05, 3.63) is 18.0 Å². The van der Waals surface area contributed by atoms with E-state index in [9.17, 15) is 0 Å². The van der Waals surface area contributed by atoms with E-state index in [4.69, 9.17) is 2.74 Å². The molecular weight excluding hydrogens is 160 g/mol. The minimum absolute atomic E-state index is 0.0331. The molecule has 0 spiro atoms. The van der Waals surface area contributed by atoms with Crippen molar-refractivity contribution in [2.24, 2.45) is 11.8 Å². The van der Waals surface area contributed by atoms with Gasteiger partial charge < -0.3 is 0 Å². The van der Waals surface area contributed by atoms with Crippen molar-refractivity contribution in [1.82, 2.24) is 9.78 Å². The van der Waals surface area contributed by atoms with Gasteiger partial charge in [0.15, 0.2) is 0 Å². The Hall–Kier alpha value is -0.790. The third kappa shape index (κ3) is 3.62. The van der Waals surface area contributed by atoms with Gasteiger partial charge in [-0.05, 0) is 23.8 Å². The van der Waals surface area contributed by atoms with Crippen LogP contribution in [0.2, 0.25) is 0 Å². The lowest BCUT2D eigenvalue weighted by Gasteiger charge is -2.03. The van der Waals surface area contributed by atoms with E-state index in [1.807, 2.05) is 24.7 Å². The molecule has 0 saturated carbocycles. The molecule has 0 fully saturated rings. The highest BCUT2D eigenvalue weighted by atomic mass is 15.3. The molecule has 0 atom stereocenters. The maximum Gasteiger partial charge on any atom is 0.0521 e. The third-order valence-electron chi connectivity index (χ3n) is 1.64. The molecule has 0 aliphatic rings. The van der Waals surface area contributed by atoms with E-state index in [0.717, 1.165) is 6.54 Å². The summed E-state index contributed by atoms with van der Waals surface area (Å²) in [7, 11) is 0. The summed E-state index contributed by atoms with van der Waals surface area (Å²) < 4.78 is 17.7. The number of hydrogen-bond acceptors (Lipinski definition) is 1. The summed E-state index contributed by atoms with van der Waals surface area (Å²) in [6, 6.07) is 0. The van der Waals surface area contributed by atoms with Crippen molar-refractivity contribution in [1.29, 1.82) is 0 Å². The summed E-state index contributed by atoms with van der Waals surface area (Å²) in [5, 5.41) is 4.18. The molecule has 74 valence electrons. The van der Waals surface area contributed by atoms with Crippen molar-refractivity contribution in [2.75, 3.05) is 0 Å². The molecule has 0 unspecified atom stereocenters. The van der Waals surface area contributed by atoms with Gasteiger partial charge in [-0.3, -0.25) is 4.68 Å². The van der Waals surface area contributed by atoms with Gasteiger partial charge in [-0.15, -0.1) is 0 Å². The molecule has 2 heteroatoms. The van der Waals surface area contributed by atoms with E-state index in [0.29, 0.717) is 11.5 Å². The van der Waals surface area contributed by atoms with Crippen LogP contribution in [0.5, 0.6) is 0 Å². The molecule has 1 heterocycles. The topological polar surface area (TPSA) is 17.8 Å². The molecule has 0 bridgehead atoms. The van der Waals surface area contributed by atoms with E-state index in [1.54, 1.807) is 6.20 Å². The van der Waals surface area contributed by atoms with Crippen molar-refractivity contribution < 1.29 is 2.74 Å². The van der Waals surface area contributed by atoms with Gasteiger partial charge in [-0.2, -0.15) is 5.10 Å². The van der Waals surface area contributed by atoms with E-state index >= 15 is 0 Å². The fraction of sp³-hybridized carbons (Fsp3) is 0.727. The van der Waals surface area contributed by atoms with E-state index in [2.05, 4.69) is 18.9 Å². The lowest BCUT2D eigenvalue weighted by Crippen LogP contribution is -2.04. The Bertz CT molecular complexity index is 316. The molecule has 1 rings (SSSR count). The highest BCUT2D eigenvalue weighted by Crippen LogP contribution is 2.07. The van der Waals surface area contributed by atoms with Crippen molar-refractivity contribution >= 4 is 0 Å². The molecule has 0 aliphatic heterocycles. The molecule has 0 saturated heterocycles. The van der Waals surface area contributed by atoms with Gasteiger partial charge in [0.05, 0.1) is 6.20 Å². The lowest BCUT2D eigenvalue weighted by molar-refractivity contribution is 0.482. The zero-order chi connectivity index (χ0) is 11.6. The second-order valence-electron chi connectivity index (χ2n) is 4.14. The average Bonchev–Trinajstić information content (AvgIpc) is 2.51. The van der Waals surface area contributed by atoms with Gasteiger partial charge in [-0.1, -0.05) is 27.7 Å².